The summed E-state index contributed by atoms with van der Waals surface area (Å²) >= 11 is 3.54. The maximum absolute atomic E-state index is 5.85. The fourth-order valence-electron chi connectivity index (χ4n) is 2.61. The summed E-state index contributed by atoms with van der Waals surface area (Å²) in [6, 6.07) is 8.12. The Morgan fingerprint density at radius 1 is 1.05 bits per heavy atom. The molecule has 1 saturated heterocycles. The van der Waals surface area contributed by atoms with Crippen LogP contribution in [-0.4, -0.2) is 36.1 Å². The Morgan fingerprint density at radius 2 is 1.71 bits per heavy atom. The Kier molecular flexibility index (Phi) is 4.36. The van der Waals surface area contributed by atoms with Crippen molar-refractivity contribution in [2.24, 2.45) is 5.73 Å². The lowest BCUT2D eigenvalue weighted by atomic mass is 10.1. The lowest BCUT2D eigenvalue weighted by Gasteiger charge is -2.37. The van der Waals surface area contributed by atoms with E-state index in [1.807, 2.05) is 12.1 Å². The largest absolute Gasteiger partial charge is 0.368 e. The molecule has 0 atom stereocenters. The van der Waals surface area contributed by atoms with E-state index in [1.165, 1.54) is 11.3 Å². The number of aromatic nitrogens is 2. The summed E-state index contributed by atoms with van der Waals surface area (Å²) in [5.41, 5.74) is 8.26. The lowest BCUT2D eigenvalue weighted by molar-refractivity contribution is 0.638. The van der Waals surface area contributed by atoms with E-state index < -0.39 is 0 Å². The SMILES string of the molecule is NCc1ccc(Br)cc1N1CCN(c2ncccn2)CC1. The van der Waals surface area contributed by atoms with Crippen molar-refractivity contribution in [2.45, 2.75) is 6.54 Å². The van der Waals surface area contributed by atoms with Gasteiger partial charge in [0, 0.05) is 55.3 Å². The maximum Gasteiger partial charge on any atom is 0.225 e. The first kappa shape index (κ1) is 14.3. The van der Waals surface area contributed by atoms with Gasteiger partial charge in [0.05, 0.1) is 0 Å². The summed E-state index contributed by atoms with van der Waals surface area (Å²) in [6.07, 6.45) is 3.57. The Morgan fingerprint density at radius 3 is 2.38 bits per heavy atom. The molecule has 6 heteroatoms. The highest BCUT2D eigenvalue weighted by molar-refractivity contribution is 9.10. The van der Waals surface area contributed by atoms with Gasteiger partial charge in [0.2, 0.25) is 5.95 Å². The van der Waals surface area contributed by atoms with E-state index in [1.54, 1.807) is 12.4 Å². The quantitative estimate of drug-likeness (QED) is 0.920. The van der Waals surface area contributed by atoms with Crippen molar-refractivity contribution in [3.05, 3.63) is 46.7 Å². The normalized spacial score (nSPS) is 15.3. The molecule has 1 fully saturated rings. The van der Waals surface area contributed by atoms with Crippen LogP contribution >= 0.6 is 15.9 Å². The molecule has 0 aliphatic carbocycles. The molecule has 2 N–H and O–H groups in total. The number of nitrogens with two attached hydrogens (primary N) is 1. The molecule has 2 heterocycles. The standard InChI is InChI=1S/C15H18BrN5/c16-13-3-2-12(11-17)14(10-13)20-6-8-21(9-7-20)15-18-4-1-5-19-15/h1-5,10H,6-9,11,17H2. The highest BCUT2D eigenvalue weighted by atomic mass is 79.9. The average Bonchev–Trinajstić information content (AvgIpc) is 2.56. The van der Waals surface area contributed by atoms with E-state index in [-0.39, 0.29) is 0 Å². The number of anilines is 2. The van der Waals surface area contributed by atoms with Gasteiger partial charge >= 0.3 is 0 Å². The summed E-state index contributed by atoms with van der Waals surface area (Å²) in [5, 5.41) is 0. The van der Waals surface area contributed by atoms with Crippen molar-refractivity contribution in [3.63, 3.8) is 0 Å². The van der Waals surface area contributed by atoms with Gasteiger partial charge in [-0.2, -0.15) is 0 Å². The fraction of sp³-hybridized carbons (Fsp3) is 0.333. The molecule has 0 saturated carbocycles. The minimum atomic E-state index is 0.560. The zero-order valence-corrected chi connectivity index (χ0v) is 13.3. The van der Waals surface area contributed by atoms with Gasteiger partial charge in [-0.3, -0.25) is 0 Å². The van der Waals surface area contributed by atoms with Crippen molar-refractivity contribution in [2.75, 3.05) is 36.0 Å². The van der Waals surface area contributed by atoms with E-state index in [2.05, 4.69) is 47.8 Å². The number of rotatable bonds is 3. The molecule has 1 aromatic carbocycles. The van der Waals surface area contributed by atoms with Gasteiger partial charge in [0.1, 0.15) is 0 Å². The molecule has 1 aliphatic heterocycles. The van der Waals surface area contributed by atoms with Gasteiger partial charge in [-0.1, -0.05) is 22.0 Å². The van der Waals surface area contributed by atoms with Crippen LogP contribution < -0.4 is 15.5 Å². The van der Waals surface area contributed by atoms with E-state index in [0.717, 1.165) is 36.6 Å². The van der Waals surface area contributed by atoms with E-state index >= 15 is 0 Å². The molecule has 0 amide bonds. The molecule has 0 spiro atoms. The molecule has 1 aliphatic rings. The molecule has 2 aromatic rings. The van der Waals surface area contributed by atoms with Gasteiger partial charge in [0.25, 0.3) is 0 Å². The highest BCUT2D eigenvalue weighted by Crippen LogP contribution is 2.26. The van der Waals surface area contributed by atoms with Gasteiger partial charge in [-0.15, -0.1) is 0 Å². The van der Waals surface area contributed by atoms with Gasteiger partial charge < -0.3 is 15.5 Å². The zero-order chi connectivity index (χ0) is 14.7. The molecule has 0 unspecified atom stereocenters. The molecule has 1 aromatic heterocycles. The first-order valence-electron chi connectivity index (χ1n) is 7.03. The smallest absolute Gasteiger partial charge is 0.225 e. The van der Waals surface area contributed by atoms with Gasteiger partial charge in [-0.25, -0.2) is 9.97 Å². The minimum Gasteiger partial charge on any atom is -0.368 e. The van der Waals surface area contributed by atoms with Crippen LogP contribution in [-0.2, 0) is 6.54 Å². The second kappa shape index (κ2) is 6.41. The number of halogens is 1. The van der Waals surface area contributed by atoms with E-state index in [0.29, 0.717) is 6.54 Å². The number of nitrogens with zero attached hydrogens (tertiary/aromatic N) is 4. The van der Waals surface area contributed by atoms with Crippen LogP contribution in [0.5, 0.6) is 0 Å². The van der Waals surface area contributed by atoms with Crippen LogP contribution in [0.3, 0.4) is 0 Å². The number of hydrogen-bond acceptors (Lipinski definition) is 5. The monoisotopic (exact) mass is 347 g/mol. The summed E-state index contributed by atoms with van der Waals surface area (Å²) in [6.45, 7) is 4.29. The maximum atomic E-state index is 5.85. The molecule has 21 heavy (non-hydrogen) atoms. The second-order valence-corrected chi connectivity index (χ2v) is 5.92. The molecular formula is C15H18BrN5. The van der Waals surface area contributed by atoms with Crippen molar-refractivity contribution >= 4 is 27.6 Å². The predicted molar refractivity (Wildman–Crippen MR) is 88.5 cm³/mol. The van der Waals surface area contributed by atoms with Crippen LogP contribution in [0.25, 0.3) is 0 Å². The topological polar surface area (TPSA) is 58.3 Å². The number of piperazine rings is 1. The van der Waals surface area contributed by atoms with Crippen molar-refractivity contribution in [1.82, 2.24) is 9.97 Å². The van der Waals surface area contributed by atoms with Crippen molar-refractivity contribution in [3.8, 4) is 0 Å². The van der Waals surface area contributed by atoms with Crippen LogP contribution in [0.15, 0.2) is 41.1 Å². The van der Waals surface area contributed by atoms with Crippen molar-refractivity contribution < 1.29 is 0 Å². The lowest BCUT2D eigenvalue weighted by Crippen LogP contribution is -2.47. The Hall–Kier alpha value is -1.66. The second-order valence-electron chi connectivity index (χ2n) is 5.00. The van der Waals surface area contributed by atoms with Gasteiger partial charge in [0.15, 0.2) is 0 Å². The van der Waals surface area contributed by atoms with Crippen LogP contribution in [0.1, 0.15) is 5.56 Å². The number of hydrogen-bond donors (Lipinski definition) is 1. The molecule has 3 rings (SSSR count). The molecule has 0 radical (unpaired) electrons. The first-order valence-corrected chi connectivity index (χ1v) is 7.82. The fourth-order valence-corrected chi connectivity index (χ4v) is 2.95. The molecule has 5 nitrogen and oxygen atoms in total. The first-order chi connectivity index (χ1) is 10.3. The molecule has 110 valence electrons. The number of benzene rings is 1. The van der Waals surface area contributed by atoms with Gasteiger partial charge in [-0.05, 0) is 23.8 Å². The third kappa shape index (κ3) is 3.16. The predicted octanol–water partition coefficient (Wildman–Crippen LogP) is 2.02. The summed E-state index contributed by atoms with van der Waals surface area (Å²) in [4.78, 5) is 13.2. The Labute approximate surface area is 132 Å². The third-order valence-corrected chi connectivity index (χ3v) is 4.22. The van der Waals surface area contributed by atoms with Crippen LogP contribution in [0.2, 0.25) is 0 Å². The summed E-state index contributed by atoms with van der Waals surface area (Å²) < 4.78 is 1.09. The molecule has 0 bridgehead atoms. The average molecular weight is 348 g/mol. The van der Waals surface area contributed by atoms with Crippen molar-refractivity contribution in [1.29, 1.82) is 0 Å². The summed E-state index contributed by atoms with van der Waals surface area (Å²) in [5.74, 6) is 0.811. The van der Waals surface area contributed by atoms with E-state index in [9.17, 15) is 0 Å². The van der Waals surface area contributed by atoms with Crippen LogP contribution in [0.4, 0.5) is 11.6 Å². The summed E-state index contributed by atoms with van der Waals surface area (Å²) in [7, 11) is 0. The Bertz CT molecular complexity index is 596. The third-order valence-electron chi connectivity index (χ3n) is 3.72. The van der Waals surface area contributed by atoms with E-state index in [4.69, 9.17) is 5.73 Å². The Balaban J connectivity index is 1.73. The minimum absolute atomic E-state index is 0.560. The van der Waals surface area contributed by atoms with Crippen LogP contribution in [0, 0.1) is 0 Å². The highest BCUT2D eigenvalue weighted by Gasteiger charge is 2.20. The zero-order valence-electron chi connectivity index (χ0n) is 11.7. The molecular weight excluding hydrogens is 330 g/mol.